The first-order chi connectivity index (χ1) is 19.5. The molecule has 10 nitrogen and oxygen atoms in total. The molecule has 1 unspecified atom stereocenters. The third-order valence-electron chi connectivity index (χ3n) is 6.74. The van der Waals surface area contributed by atoms with E-state index >= 15 is 0 Å². The Morgan fingerprint density at radius 3 is 2.77 bits per heavy atom. The van der Waals surface area contributed by atoms with Gasteiger partial charge in [-0.15, -0.1) is 0 Å². The number of carbonyl (C=O) groups is 4. The van der Waals surface area contributed by atoms with Crippen LogP contribution in [-0.4, -0.2) is 74.5 Å². The van der Waals surface area contributed by atoms with Gasteiger partial charge in [-0.2, -0.15) is 0 Å². The number of imide groups is 1. The molecule has 4 amide bonds. The highest BCUT2D eigenvalue weighted by molar-refractivity contribution is 6.05. The lowest BCUT2D eigenvalue weighted by Crippen LogP contribution is -2.52. The van der Waals surface area contributed by atoms with E-state index in [1.54, 1.807) is 43.5 Å². The number of nitrogens with zero attached hydrogens (tertiary/aromatic N) is 1. The summed E-state index contributed by atoms with van der Waals surface area (Å²) < 4.78 is 10.8. The lowest BCUT2D eigenvalue weighted by atomic mass is 10.0. The normalized spacial score (nSPS) is 16.2. The number of hydrogen-bond donors (Lipinski definition) is 3. The van der Waals surface area contributed by atoms with E-state index in [2.05, 4.69) is 27.8 Å². The Bertz CT molecular complexity index is 1310. The van der Waals surface area contributed by atoms with Gasteiger partial charge in [0, 0.05) is 62.3 Å². The second-order valence-electron chi connectivity index (χ2n) is 9.49. The highest BCUT2D eigenvalue weighted by Crippen LogP contribution is 2.29. The molecule has 3 N–H and O–H groups in total. The number of piperidine rings is 1. The average Bonchev–Trinajstić information content (AvgIpc) is 3.30. The number of hydrogen-bond acceptors (Lipinski definition) is 7. The lowest BCUT2D eigenvalue weighted by molar-refractivity contribution is -0.136. The van der Waals surface area contributed by atoms with Crippen LogP contribution in [0.25, 0.3) is 0 Å². The third kappa shape index (κ3) is 7.46. The van der Waals surface area contributed by atoms with Crippen molar-refractivity contribution >= 4 is 23.6 Å². The van der Waals surface area contributed by atoms with E-state index in [0.29, 0.717) is 75.5 Å². The van der Waals surface area contributed by atoms with Crippen LogP contribution in [0.2, 0.25) is 0 Å². The summed E-state index contributed by atoms with van der Waals surface area (Å²) in [6, 6.07) is 11.8. The molecule has 0 bridgehead atoms. The monoisotopic (exact) mass is 546 g/mol. The molecule has 2 aromatic carbocycles. The molecule has 0 spiro atoms. The predicted molar refractivity (Wildman–Crippen MR) is 148 cm³/mol. The van der Waals surface area contributed by atoms with E-state index in [4.69, 9.17) is 9.47 Å². The van der Waals surface area contributed by atoms with Gasteiger partial charge in [-0.1, -0.05) is 24.0 Å². The van der Waals surface area contributed by atoms with Crippen LogP contribution < -0.4 is 20.7 Å². The maximum atomic E-state index is 12.9. The van der Waals surface area contributed by atoms with Crippen molar-refractivity contribution in [2.24, 2.45) is 0 Å². The summed E-state index contributed by atoms with van der Waals surface area (Å²) in [5.74, 6) is 5.90. The zero-order valence-corrected chi connectivity index (χ0v) is 22.6. The Labute approximate surface area is 233 Å². The molecule has 2 heterocycles. The topological polar surface area (TPSA) is 126 Å². The molecule has 4 rings (SSSR count). The van der Waals surface area contributed by atoms with Crippen molar-refractivity contribution in [2.45, 2.75) is 38.3 Å². The van der Waals surface area contributed by atoms with Gasteiger partial charge in [0.05, 0.1) is 13.7 Å². The SMILES string of the molecule is COc1cccc(C(=O)NCCCOCCNCCC#Cc2cccc3c2CN(C2CCC(=O)NC2=O)C3=O)c1. The summed E-state index contributed by atoms with van der Waals surface area (Å²) in [5, 5.41) is 8.48. The van der Waals surface area contributed by atoms with Gasteiger partial charge in [0.1, 0.15) is 11.8 Å². The number of carbonyl (C=O) groups excluding carboxylic acids is 4. The molecule has 0 saturated carbocycles. The summed E-state index contributed by atoms with van der Waals surface area (Å²) >= 11 is 0. The number of fused-ring (bicyclic) bond motifs is 1. The summed E-state index contributed by atoms with van der Waals surface area (Å²) in [5.41, 5.74) is 2.73. The zero-order valence-electron chi connectivity index (χ0n) is 22.6. The number of ether oxygens (including phenoxy) is 2. The van der Waals surface area contributed by atoms with Gasteiger partial charge < -0.3 is 25.0 Å². The number of methoxy groups -OCH3 is 1. The fourth-order valence-electron chi connectivity index (χ4n) is 4.63. The van der Waals surface area contributed by atoms with Crippen LogP contribution >= 0.6 is 0 Å². The molecule has 10 heteroatoms. The Morgan fingerprint density at radius 1 is 1.10 bits per heavy atom. The van der Waals surface area contributed by atoms with Crippen molar-refractivity contribution in [3.63, 3.8) is 0 Å². The first-order valence-electron chi connectivity index (χ1n) is 13.4. The molecule has 2 aliphatic rings. The zero-order chi connectivity index (χ0) is 28.3. The van der Waals surface area contributed by atoms with Gasteiger partial charge in [0.15, 0.2) is 0 Å². The molecule has 1 fully saturated rings. The maximum absolute atomic E-state index is 12.9. The number of benzene rings is 2. The molecule has 2 aliphatic heterocycles. The Hall–Kier alpha value is -4.20. The molecule has 210 valence electrons. The van der Waals surface area contributed by atoms with E-state index in [1.807, 2.05) is 6.07 Å². The van der Waals surface area contributed by atoms with Gasteiger partial charge >= 0.3 is 0 Å². The average molecular weight is 547 g/mol. The highest BCUT2D eigenvalue weighted by Gasteiger charge is 2.39. The van der Waals surface area contributed by atoms with Crippen molar-refractivity contribution in [1.29, 1.82) is 0 Å². The van der Waals surface area contributed by atoms with E-state index in [9.17, 15) is 19.2 Å². The Kier molecular flexibility index (Phi) is 10.3. The molecule has 1 saturated heterocycles. The van der Waals surface area contributed by atoms with Gasteiger partial charge in [0.2, 0.25) is 11.8 Å². The van der Waals surface area contributed by atoms with Crippen LogP contribution in [0.4, 0.5) is 0 Å². The second-order valence-corrected chi connectivity index (χ2v) is 9.49. The van der Waals surface area contributed by atoms with Gasteiger partial charge in [-0.3, -0.25) is 24.5 Å². The fourth-order valence-corrected chi connectivity index (χ4v) is 4.63. The second kappa shape index (κ2) is 14.3. The van der Waals surface area contributed by atoms with Crippen molar-refractivity contribution in [2.75, 3.05) is 40.0 Å². The van der Waals surface area contributed by atoms with Crippen molar-refractivity contribution in [3.05, 3.63) is 64.7 Å². The largest absolute Gasteiger partial charge is 0.497 e. The van der Waals surface area contributed by atoms with E-state index in [0.717, 1.165) is 11.1 Å². The lowest BCUT2D eigenvalue weighted by Gasteiger charge is -2.29. The van der Waals surface area contributed by atoms with Crippen LogP contribution in [0, 0.1) is 11.8 Å². The van der Waals surface area contributed by atoms with E-state index in [1.165, 1.54) is 4.90 Å². The first-order valence-corrected chi connectivity index (χ1v) is 13.4. The molecule has 1 atom stereocenters. The fraction of sp³-hybridized carbons (Fsp3) is 0.400. The number of nitrogens with one attached hydrogen (secondary N) is 3. The minimum Gasteiger partial charge on any atom is -0.497 e. The maximum Gasteiger partial charge on any atom is 0.255 e. The quantitative estimate of drug-likeness (QED) is 0.210. The summed E-state index contributed by atoms with van der Waals surface area (Å²) in [6.45, 7) is 3.33. The molecular formula is C30H34N4O6. The number of amides is 4. The number of rotatable bonds is 12. The van der Waals surface area contributed by atoms with Crippen molar-refractivity contribution in [3.8, 4) is 17.6 Å². The summed E-state index contributed by atoms with van der Waals surface area (Å²) in [4.78, 5) is 50.3. The van der Waals surface area contributed by atoms with Gasteiger partial charge in [-0.25, -0.2) is 0 Å². The van der Waals surface area contributed by atoms with Crippen LogP contribution in [0.5, 0.6) is 5.75 Å². The van der Waals surface area contributed by atoms with Crippen molar-refractivity contribution < 1.29 is 28.7 Å². The minimum absolute atomic E-state index is 0.139. The molecule has 2 aromatic rings. The summed E-state index contributed by atoms with van der Waals surface area (Å²) in [7, 11) is 1.57. The van der Waals surface area contributed by atoms with E-state index in [-0.39, 0.29) is 24.1 Å². The van der Waals surface area contributed by atoms with Gasteiger partial charge in [0.25, 0.3) is 11.8 Å². The first kappa shape index (κ1) is 28.8. The van der Waals surface area contributed by atoms with Gasteiger partial charge in [-0.05, 0) is 48.7 Å². The smallest absolute Gasteiger partial charge is 0.255 e. The molecule has 0 radical (unpaired) electrons. The molecule has 0 aliphatic carbocycles. The highest BCUT2D eigenvalue weighted by atomic mass is 16.5. The molecule has 40 heavy (non-hydrogen) atoms. The van der Waals surface area contributed by atoms with Crippen LogP contribution in [0.15, 0.2) is 42.5 Å². The van der Waals surface area contributed by atoms with Crippen molar-refractivity contribution in [1.82, 2.24) is 20.9 Å². The van der Waals surface area contributed by atoms with E-state index < -0.39 is 11.9 Å². The van der Waals surface area contributed by atoms with Crippen LogP contribution in [-0.2, 0) is 20.9 Å². The molecule has 0 aromatic heterocycles. The standard InChI is InChI=1S/C30H34N4O6/c1-39-23-10-4-9-22(19-23)28(36)32-15-6-17-40-18-16-31-14-3-2-7-21-8-5-11-24-25(21)20-34(30(24)38)26-12-13-27(35)33-29(26)37/h4-5,8-11,19,26,31H,3,6,12-18,20H2,1H3,(H,32,36)(H,33,35,37). The Balaban J connectivity index is 1.10. The van der Waals surface area contributed by atoms with Crippen LogP contribution in [0.1, 0.15) is 57.5 Å². The summed E-state index contributed by atoms with van der Waals surface area (Å²) in [6.07, 6.45) is 1.91. The third-order valence-corrected chi connectivity index (χ3v) is 6.74. The predicted octanol–water partition coefficient (Wildman–Crippen LogP) is 1.62. The minimum atomic E-state index is -0.637. The Morgan fingerprint density at radius 2 is 1.95 bits per heavy atom. The molecular weight excluding hydrogens is 512 g/mol. The van der Waals surface area contributed by atoms with Crippen LogP contribution in [0.3, 0.4) is 0 Å².